The zero-order valence-corrected chi connectivity index (χ0v) is 19.8. The maximum Gasteiger partial charge on any atom is 0.157 e. The molecule has 0 amide bonds. The lowest BCUT2D eigenvalue weighted by atomic mass is 10.1. The molecule has 0 aliphatic heterocycles. The lowest BCUT2D eigenvalue weighted by Gasteiger charge is -2.19. The standard InChI is InChI=1S/C23H45IO2/c1-3-5-7-17-21-25-23(26-22-18-8-6-4-2)19-15-13-11-9-10-12-14-16-20-24/h10,12,23H,3-9,11,13-22H2,1-2H3/b12-10+. The quantitative estimate of drug-likeness (QED) is 0.0542. The van der Waals surface area contributed by atoms with Crippen LogP contribution in [-0.4, -0.2) is 23.9 Å². The smallest absolute Gasteiger partial charge is 0.157 e. The SMILES string of the molecule is CCCCCCOC(CCCCC/C=C/CCCI)OCCCCCC. The average Bonchev–Trinajstić information content (AvgIpc) is 2.65. The Bertz CT molecular complexity index is 267. The van der Waals surface area contributed by atoms with Gasteiger partial charge in [-0.05, 0) is 55.8 Å². The van der Waals surface area contributed by atoms with Crippen molar-refractivity contribution in [1.29, 1.82) is 0 Å². The van der Waals surface area contributed by atoms with E-state index in [2.05, 4.69) is 48.6 Å². The van der Waals surface area contributed by atoms with Crippen LogP contribution in [0.3, 0.4) is 0 Å². The topological polar surface area (TPSA) is 18.5 Å². The molecule has 0 aromatic rings. The van der Waals surface area contributed by atoms with Crippen molar-refractivity contribution < 1.29 is 9.47 Å². The van der Waals surface area contributed by atoms with Crippen LogP contribution in [0.5, 0.6) is 0 Å². The fourth-order valence-corrected chi connectivity index (χ4v) is 3.32. The Balaban J connectivity index is 3.78. The number of allylic oxidation sites excluding steroid dienone is 2. The van der Waals surface area contributed by atoms with Crippen LogP contribution < -0.4 is 0 Å². The van der Waals surface area contributed by atoms with E-state index in [-0.39, 0.29) is 6.29 Å². The van der Waals surface area contributed by atoms with Gasteiger partial charge in [0, 0.05) is 13.2 Å². The fourth-order valence-electron chi connectivity index (χ4n) is 2.88. The van der Waals surface area contributed by atoms with Crippen molar-refractivity contribution in [1.82, 2.24) is 0 Å². The van der Waals surface area contributed by atoms with Gasteiger partial charge < -0.3 is 9.47 Å². The Morgan fingerprint density at radius 3 is 1.73 bits per heavy atom. The minimum Gasteiger partial charge on any atom is -0.353 e. The van der Waals surface area contributed by atoms with Gasteiger partial charge >= 0.3 is 0 Å². The summed E-state index contributed by atoms with van der Waals surface area (Å²) in [6, 6.07) is 0. The molecule has 0 heterocycles. The highest BCUT2D eigenvalue weighted by atomic mass is 127. The van der Waals surface area contributed by atoms with Crippen LogP contribution in [0.1, 0.15) is 110 Å². The molecule has 0 fully saturated rings. The summed E-state index contributed by atoms with van der Waals surface area (Å²) in [5.41, 5.74) is 0. The molecule has 0 bridgehead atoms. The first kappa shape index (κ1) is 26.4. The second kappa shape index (κ2) is 23.4. The second-order valence-electron chi connectivity index (χ2n) is 7.23. The normalized spacial score (nSPS) is 11.8. The third-order valence-corrected chi connectivity index (χ3v) is 5.35. The van der Waals surface area contributed by atoms with Crippen LogP contribution in [-0.2, 0) is 9.47 Å². The van der Waals surface area contributed by atoms with Gasteiger partial charge in [-0.3, -0.25) is 0 Å². The molecule has 0 aromatic heterocycles. The first-order valence-electron chi connectivity index (χ1n) is 11.3. The summed E-state index contributed by atoms with van der Waals surface area (Å²) < 4.78 is 13.3. The minimum absolute atomic E-state index is 0.0254. The summed E-state index contributed by atoms with van der Waals surface area (Å²) in [6.07, 6.45) is 23.5. The van der Waals surface area contributed by atoms with Gasteiger partial charge in [-0.25, -0.2) is 0 Å². The van der Waals surface area contributed by atoms with Crippen LogP contribution >= 0.6 is 22.6 Å². The lowest BCUT2D eigenvalue weighted by Crippen LogP contribution is -2.19. The molecule has 26 heavy (non-hydrogen) atoms. The number of unbranched alkanes of at least 4 members (excludes halogenated alkanes) is 10. The number of halogens is 1. The first-order chi connectivity index (χ1) is 12.8. The summed E-state index contributed by atoms with van der Waals surface area (Å²) in [5, 5.41) is 0. The zero-order chi connectivity index (χ0) is 19.1. The van der Waals surface area contributed by atoms with E-state index in [0.717, 1.165) is 19.6 Å². The molecule has 0 saturated carbocycles. The first-order valence-corrected chi connectivity index (χ1v) is 12.8. The molecule has 0 rings (SSSR count). The van der Waals surface area contributed by atoms with E-state index in [1.165, 1.54) is 94.3 Å². The van der Waals surface area contributed by atoms with Crippen LogP contribution in [0, 0.1) is 0 Å². The second-order valence-corrected chi connectivity index (χ2v) is 8.31. The number of ether oxygens (including phenoxy) is 2. The largest absolute Gasteiger partial charge is 0.353 e. The Morgan fingerprint density at radius 1 is 0.654 bits per heavy atom. The molecule has 0 spiro atoms. The molecule has 0 radical (unpaired) electrons. The molecule has 0 aliphatic rings. The van der Waals surface area contributed by atoms with E-state index in [0.29, 0.717) is 0 Å². The number of hydrogen-bond acceptors (Lipinski definition) is 2. The van der Waals surface area contributed by atoms with Crippen molar-refractivity contribution in [2.75, 3.05) is 17.6 Å². The van der Waals surface area contributed by atoms with E-state index < -0.39 is 0 Å². The van der Waals surface area contributed by atoms with E-state index in [1.54, 1.807) is 0 Å². The van der Waals surface area contributed by atoms with Crippen LogP contribution in [0.4, 0.5) is 0 Å². The minimum atomic E-state index is 0.0254. The van der Waals surface area contributed by atoms with E-state index in [4.69, 9.17) is 9.47 Å². The molecule has 0 unspecified atom stereocenters. The highest BCUT2D eigenvalue weighted by Gasteiger charge is 2.09. The Hall–Kier alpha value is 0.390. The zero-order valence-electron chi connectivity index (χ0n) is 17.7. The number of alkyl halides is 1. The van der Waals surface area contributed by atoms with E-state index in [1.807, 2.05) is 0 Å². The Kier molecular flexibility index (Phi) is 23.8. The summed E-state index contributed by atoms with van der Waals surface area (Å²) in [7, 11) is 0. The van der Waals surface area contributed by atoms with Gasteiger partial charge in [-0.15, -0.1) is 0 Å². The molecule has 2 nitrogen and oxygen atoms in total. The van der Waals surface area contributed by atoms with Gasteiger partial charge in [-0.1, -0.05) is 93.5 Å². The fraction of sp³-hybridized carbons (Fsp3) is 0.913. The Labute approximate surface area is 178 Å². The van der Waals surface area contributed by atoms with Crippen molar-refractivity contribution >= 4 is 22.6 Å². The summed E-state index contributed by atoms with van der Waals surface area (Å²) in [5.74, 6) is 0. The predicted molar refractivity (Wildman–Crippen MR) is 124 cm³/mol. The van der Waals surface area contributed by atoms with Gasteiger partial charge in [0.2, 0.25) is 0 Å². The summed E-state index contributed by atoms with van der Waals surface area (Å²) >= 11 is 2.45. The van der Waals surface area contributed by atoms with Crippen molar-refractivity contribution in [3.05, 3.63) is 12.2 Å². The summed E-state index contributed by atoms with van der Waals surface area (Å²) in [6.45, 7) is 6.22. The van der Waals surface area contributed by atoms with E-state index >= 15 is 0 Å². The van der Waals surface area contributed by atoms with E-state index in [9.17, 15) is 0 Å². The van der Waals surface area contributed by atoms with Crippen LogP contribution in [0.25, 0.3) is 0 Å². The third-order valence-electron chi connectivity index (χ3n) is 4.58. The maximum absolute atomic E-state index is 6.03. The summed E-state index contributed by atoms with van der Waals surface area (Å²) in [4.78, 5) is 0. The highest BCUT2D eigenvalue weighted by molar-refractivity contribution is 14.1. The average molecular weight is 481 g/mol. The van der Waals surface area contributed by atoms with Crippen LogP contribution in [0.15, 0.2) is 12.2 Å². The van der Waals surface area contributed by atoms with Crippen molar-refractivity contribution in [3.63, 3.8) is 0 Å². The molecule has 156 valence electrons. The number of hydrogen-bond donors (Lipinski definition) is 0. The molecular weight excluding hydrogens is 435 g/mol. The molecule has 0 aromatic carbocycles. The molecular formula is C23H45IO2. The third kappa shape index (κ3) is 20.7. The predicted octanol–water partition coefficient (Wildman–Crippen LogP) is 8.23. The molecule has 0 saturated heterocycles. The maximum atomic E-state index is 6.03. The molecule has 0 N–H and O–H groups in total. The molecule has 0 atom stereocenters. The van der Waals surface area contributed by atoms with Gasteiger partial charge in [0.25, 0.3) is 0 Å². The van der Waals surface area contributed by atoms with Gasteiger partial charge in [-0.2, -0.15) is 0 Å². The highest BCUT2D eigenvalue weighted by Crippen LogP contribution is 2.13. The van der Waals surface area contributed by atoms with Crippen molar-refractivity contribution in [2.45, 2.75) is 116 Å². The monoisotopic (exact) mass is 480 g/mol. The van der Waals surface area contributed by atoms with Crippen molar-refractivity contribution in [3.8, 4) is 0 Å². The van der Waals surface area contributed by atoms with Gasteiger partial charge in [0.1, 0.15) is 0 Å². The number of rotatable bonds is 21. The molecule has 0 aliphatic carbocycles. The van der Waals surface area contributed by atoms with Crippen LogP contribution in [0.2, 0.25) is 0 Å². The molecule has 3 heteroatoms. The van der Waals surface area contributed by atoms with Crippen molar-refractivity contribution in [2.24, 2.45) is 0 Å². The lowest BCUT2D eigenvalue weighted by molar-refractivity contribution is -0.148. The van der Waals surface area contributed by atoms with Gasteiger partial charge in [0.05, 0.1) is 0 Å². The Morgan fingerprint density at radius 2 is 1.19 bits per heavy atom. The van der Waals surface area contributed by atoms with Gasteiger partial charge in [0.15, 0.2) is 6.29 Å².